The molecule has 2 aromatic rings. The number of rotatable bonds is 4. The van der Waals surface area contributed by atoms with Crippen molar-refractivity contribution in [1.82, 2.24) is 0 Å². The molecule has 14 heteroatoms. The first kappa shape index (κ1) is 32.1. The van der Waals surface area contributed by atoms with Crippen molar-refractivity contribution in [3.63, 3.8) is 0 Å². The van der Waals surface area contributed by atoms with E-state index in [4.69, 9.17) is 15.3 Å². The van der Waals surface area contributed by atoms with Crippen LogP contribution in [0.5, 0.6) is 11.5 Å². The Morgan fingerprint density at radius 1 is 0.818 bits per heavy atom. The van der Waals surface area contributed by atoms with Crippen LogP contribution in [0.25, 0.3) is 0 Å². The number of hydrazine groups is 1. The molecule has 0 aliphatic carbocycles. The van der Waals surface area contributed by atoms with Gasteiger partial charge in [-0.25, -0.2) is 10.9 Å². The molecule has 7 nitrogen and oxygen atoms in total. The number of hydrogen-bond acceptors (Lipinski definition) is 5. The number of nitrogens with zero attached hydrogens (tertiary/aromatic N) is 1. The van der Waals surface area contributed by atoms with Crippen molar-refractivity contribution in [3.8, 4) is 11.5 Å². The minimum Gasteiger partial charge on any atom is -0.497 e. The van der Waals surface area contributed by atoms with Crippen molar-refractivity contribution in [2.24, 2.45) is 5.84 Å². The fourth-order valence-corrected chi connectivity index (χ4v) is 1.87. The predicted molar refractivity (Wildman–Crippen MR) is 116 cm³/mol. The molecule has 0 radical (unpaired) electrons. The number of nitrogens with two attached hydrogens (primary N) is 1. The van der Waals surface area contributed by atoms with E-state index in [0.717, 1.165) is 0 Å². The average molecular weight is 503 g/mol. The normalized spacial score (nSPS) is 10.3. The summed E-state index contributed by atoms with van der Waals surface area (Å²) >= 11 is 0. The highest BCUT2D eigenvalue weighted by atomic mass is 32.1. The molecule has 2 aromatic carbocycles. The third kappa shape index (κ3) is 10.4. The fourth-order valence-electron chi connectivity index (χ4n) is 1.87. The summed E-state index contributed by atoms with van der Waals surface area (Å²) in [5.74, 6) is 1.87. The highest BCUT2D eigenvalue weighted by Crippen LogP contribution is 2.23. The number of alkyl halides is 6. The van der Waals surface area contributed by atoms with E-state index < -0.39 is 24.2 Å². The number of ether oxygens (including phenoxy) is 2. The zero-order valence-corrected chi connectivity index (χ0v) is 17.5. The Balaban J connectivity index is 0. The maximum atomic E-state index is 12.0. The highest BCUT2D eigenvalue weighted by Gasteiger charge is 2.42. The molecular formula is C19H23F6N3O4S. The second-order valence-corrected chi connectivity index (χ2v) is 5.55. The van der Waals surface area contributed by atoms with Crippen molar-refractivity contribution >= 4 is 36.7 Å². The van der Waals surface area contributed by atoms with Crippen LogP contribution in [0.2, 0.25) is 0 Å². The Morgan fingerprint density at radius 3 is 1.55 bits per heavy atom. The summed E-state index contributed by atoms with van der Waals surface area (Å²) in [4.78, 5) is 21.3. The van der Waals surface area contributed by atoms with Gasteiger partial charge in [0.15, 0.2) is 0 Å². The molecule has 186 valence electrons. The lowest BCUT2D eigenvalue weighted by molar-refractivity contribution is -0.170. The van der Waals surface area contributed by atoms with Crippen molar-refractivity contribution < 1.29 is 45.4 Å². The van der Waals surface area contributed by atoms with Gasteiger partial charge in [0.25, 0.3) is 0 Å². The van der Waals surface area contributed by atoms with Crippen LogP contribution in [0.4, 0.5) is 37.7 Å². The Labute approximate surface area is 192 Å². The lowest BCUT2D eigenvalue weighted by atomic mass is 10.3. The summed E-state index contributed by atoms with van der Waals surface area (Å²) < 4.78 is 81.3. The number of carbonyl (C=O) groups is 2. The van der Waals surface area contributed by atoms with Gasteiger partial charge in [0, 0.05) is 5.69 Å². The van der Waals surface area contributed by atoms with E-state index in [0.29, 0.717) is 11.5 Å². The third-order valence-electron chi connectivity index (χ3n) is 3.42. The number of amides is 2. The van der Waals surface area contributed by atoms with E-state index in [-0.39, 0.29) is 37.3 Å². The standard InChI is InChI=1S/C9H9F3N2O2.C9H8F3NO2.CH4.H2S/c1-16-7-4-2-6(3-5-7)14(13)8(15)9(10,11)12;1-15-7-4-2-6(3-5-7)13-8(14)9(10,11)12;;/h2-5H,13H2,1H3;2-5H,1H3,(H,13,14);1H4;1H2. The molecule has 0 saturated heterocycles. The van der Waals surface area contributed by atoms with Crippen LogP contribution in [0.1, 0.15) is 7.43 Å². The van der Waals surface area contributed by atoms with Crippen LogP contribution in [0.15, 0.2) is 48.5 Å². The summed E-state index contributed by atoms with van der Waals surface area (Å²) in [7, 11) is 2.85. The summed E-state index contributed by atoms with van der Waals surface area (Å²) in [6.45, 7) is 0. The first-order valence-corrected chi connectivity index (χ1v) is 8.12. The second-order valence-electron chi connectivity index (χ2n) is 5.55. The smallest absolute Gasteiger partial charge is 0.473 e. The monoisotopic (exact) mass is 503 g/mol. The Morgan fingerprint density at radius 2 is 1.21 bits per heavy atom. The molecule has 0 heterocycles. The third-order valence-corrected chi connectivity index (χ3v) is 3.42. The summed E-state index contributed by atoms with van der Waals surface area (Å²) in [5.41, 5.74) is 0.00116. The molecule has 2 rings (SSSR count). The minimum atomic E-state index is -4.99. The van der Waals surface area contributed by atoms with Gasteiger partial charge in [-0.3, -0.25) is 9.59 Å². The van der Waals surface area contributed by atoms with Gasteiger partial charge in [-0.15, -0.1) is 0 Å². The highest BCUT2D eigenvalue weighted by molar-refractivity contribution is 7.59. The van der Waals surface area contributed by atoms with Gasteiger partial charge in [0.2, 0.25) is 0 Å². The van der Waals surface area contributed by atoms with Gasteiger partial charge in [0.1, 0.15) is 11.5 Å². The number of nitrogens with one attached hydrogen (secondary N) is 1. The van der Waals surface area contributed by atoms with E-state index in [2.05, 4.69) is 0 Å². The molecule has 0 unspecified atom stereocenters. The van der Waals surface area contributed by atoms with Gasteiger partial charge in [-0.1, -0.05) is 7.43 Å². The summed E-state index contributed by atoms with van der Waals surface area (Å²) in [5, 5.41) is 1.75. The summed E-state index contributed by atoms with van der Waals surface area (Å²) in [6.07, 6.45) is -9.87. The van der Waals surface area contributed by atoms with Crippen molar-refractivity contribution in [1.29, 1.82) is 0 Å². The number of methoxy groups -OCH3 is 2. The molecule has 0 aromatic heterocycles. The number of carbonyl (C=O) groups excluding carboxylic acids is 2. The van der Waals surface area contributed by atoms with Crippen LogP contribution in [0, 0.1) is 0 Å². The molecule has 2 amide bonds. The Hall–Kier alpha value is -3.13. The maximum absolute atomic E-state index is 12.0. The predicted octanol–water partition coefficient (Wildman–Crippen LogP) is 4.41. The molecule has 0 aliphatic rings. The van der Waals surface area contributed by atoms with E-state index in [1.165, 1.54) is 62.8 Å². The van der Waals surface area contributed by atoms with E-state index in [1.54, 1.807) is 5.32 Å². The second kappa shape index (κ2) is 13.4. The van der Waals surface area contributed by atoms with E-state index >= 15 is 0 Å². The molecule has 3 N–H and O–H groups in total. The maximum Gasteiger partial charge on any atom is 0.473 e. The Bertz CT molecular complexity index is 875. The largest absolute Gasteiger partial charge is 0.497 e. The van der Waals surface area contributed by atoms with Crippen molar-refractivity contribution in [3.05, 3.63) is 48.5 Å². The number of halogens is 6. The van der Waals surface area contributed by atoms with Gasteiger partial charge >= 0.3 is 24.2 Å². The lowest BCUT2D eigenvalue weighted by Gasteiger charge is -2.18. The van der Waals surface area contributed by atoms with Gasteiger partial charge in [0.05, 0.1) is 19.9 Å². The molecule has 0 spiro atoms. The molecule has 33 heavy (non-hydrogen) atoms. The number of hydrogen-bond donors (Lipinski definition) is 2. The van der Waals surface area contributed by atoms with Crippen LogP contribution in [-0.2, 0) is 9.59 Å². The minimum absolute atomic E-state index is 0. The topological polar surface area (TPSA) is 93.9 Å². The molecule has 0 saturated carbocycles. The van der Waals surface area contributed by atoms with Gasteiger partial charge in [-0.05, 0) is 48.5 Å². The molecule has 0 fully saturated rings. The van der Waals surface area contributed by atoms with Crippen LogP contribution < -0.4 is 25.6 Å². The molecule has 0 aliphatic heterocycles. The summed E-state index contributed by atoms with van der Waals surface area (Å²) in [6, 6.07) is 10.9. The molecule has 0 atom stereocenters. The lowest BCUT2D eigenvalue weighted by Crippen LogP contribution is -2.45. The van der Waals surface area contributed by atoms with Crippen LogP contribution in [-0.4, -0.2) is 38.4 Å². The average Bonchev–Trinajstić information content (AvgIpc) is 2.72. The van der Waals surface area contributed by atoms with Crippen LogP contribution >= 0.6 is 13.5 Å². The first-order chi connectivity index (χ1) is 14.3. The van der Waals surface area contributed by atoms with Gasteiger partial charge < -0.3 is 14.8 Å². The van der Waals surface area contributed by atoms with Crippen molar-refractivity contribution in [2.45, 2.75) is 19.8 Å². The van der Waals surface area contributed by atoms with Gasteiger partial charge in [-0.2, -0.15) is 39.8 Å². The Kier molecular flexibility index (Phi) is 13.0. The number of benzene rings is 2. The zero-order chi connectivity index (χ0) is 23.8. The first-order valence-electron chi connectivity index (χ1n) is 8.12. The SMILES string of the molecule is C.COc1ccc(N(N)C(=O)C(F)(F)F)cc1.COc1ccc(NC(=O)C(F)(F)F)cc1.S. The van der Waals surface area contributed by atoms with Crippen LogP contribution in [0.3, 0.4) is 0 Å². The van der Waals surface area contributed by atoms with E-state index in [1.807, 2.05) is 0 Å². The van der Waals surface area contributed by atoms with E-state index in [9.17, 15) is 35.9 Å². The van der Waals surface area contributed by atoms with Crippen molar-refractivity contribution in [2.75, 3.05) is 24.5 Å². The molecular weight excluding hydrogens is 480 g/mol. The fraction of sp³-hybridized carbons (Fsp3) is 0.263. The number of anilines is 2. The molecule has 0 bridgehead atoms. The quantitative estimate of drug-likeness (QED) is 0.279. The zero-order valence-electron chi connectivity index (χ0n) is 16.5.